The highest BCUT2D eigenvalue weighted by atomic mass is 35.5. The Kier molecular flexibility index (Phi) is 6.41. The van der Waals surface area contributed by atoms with Crippen molar-refractivity contribution in [2.75, 3.05) is 16.2 Å². The molecule has 1 N–H and O–H groups in total. The second-order valence-corrected chi connectivity index (χ2v) is 11.8. The van der Waals surface area contributed by atoms with Gasteiger partial charge in [0.25, 0.3) is 15.9 Å². The molecule has 0 saturated heterocycles. The second-order valence-electron chi connectivity index (χ2n) is 9.53. The highest BCUT2D eigenvalue weighted by Crippen LogP contribution is 2.35. The van der Waals surface area contributed by atoms with E-state index >= 15 is 0 Å². The zero-order chi connectivity index (χ0) is 26.3. The third-order valence-electron chi connectivity index (χ3n) is 7.12. The van der Waals surface area contributed by atoms with Crippen molar-refractivity contribution in [3.05, 3.63) is 88.7 Å². The molecule has 194 valence electrons. The van der Waals surface area contributed by atoms with Crippen molar-refractivity contribution in [2.45, 2.75) is 43.5 Å². The molecule has 3 heterocycles. The molecule has 8 nitrogen and oxygen atoms in total. The van der Waals surface area contributed by atoms with Crippen LogP contribution in [0.5, 0.6) is 0 Å². The number of aromatic nitrogens is 3. The molecule has 4 aromatic rings. The van der Waals surface area contributed by atoms with Gasteiger partial charge in [-0.3, -0.25) is 9.10 Å². The van der Waals surface area contributed by atoms with Gasteiger partial charge in [-0.05, 0) is 73.4 Å². The highest BCUT2D eigenvalue weighted by Gasteiger charge is 2.32. The smallest absolute Gasteiger partial charge is 0.265 e. The molecule has 0 aliphatic carbocycles. The zero-order valence-electron chi connectivity index (χ0n) is 20.6. The summed E-state index contributed by atoms with van der Waals surface area (Å²) in [5.74, 6) is 1.42. The quantitative estimate of drug-likeness (QED) is 0.364. The van der Waals surface area contributed by atoms with E-state index in [2.05, 4.69) is 20.1 Å². The average Bonchev–Trinajstić information content (AvgIpc) is 3.47. The summed E-state index contributed by atoms with van der Waals surface area (Å²) >= 11 is 6.33. The fourth-order valence-corrected chi connectivity index (χ4v) is 7.13. The van der Waals surface area contributed by atoms with Gasteiger partial charge in [0.15, 0.2) is 5.82 Å². The number of carbonyl (C=O) groups is 1. The third-order valence-corrected chi connectivity index (χ3v) is 9.41. The summed E-state index contributed by atoms with van der Waals surface area (Å²) in [6, 6.07) is 19.1. The monoisotopic (exact) mass is 547 g/mol. The first-order valence-corrected chi connectivity index (χ1v) is 14.5. The number of halogens is 1. The number of anilines is 2. The lowest BCUT2D eigenvalue weighted by molar-refractivity contribution is 0.102. The number of fused-ring (bicyclic) bond motifs is 2. The van der Waals surface area contributed by atoms with Crippen LogP contribution in [-0.4, -0.2) is 35.6 Å². The van der Waals surface area contributed by atoms with Gasteiger partial charge in [0.2, 0.25) is 0 Å². The minimum absolute atomic E-state index is 0.0720. The van der Waals surface area contributed by atoms with Crippen molar-refractivity contribution in [1.29, 1.82) is 0 Å². The molecule has 6 rings (SSSR count). The second kappa shape index (κ2) is 9.89. The van der Waals surface area contributed by atoms with Gasteiger partial charge in [-0.1, -0.05) is 36.2 Å². The predicted molar refractivity (Wildman–Crippen MR) is 147 cm³/mol. The van der Waals surface area contributed by atoms with Gasteiger partial charge in [0.05, 0.1) is 10.7 Å². The third kappa shape index (κ3) is 4.46. The number of aryl methyl sites for hydroxylation is 1. The Morgan fingerprint density at radius 1 is 0.895 bits per heavy atom. The molecule has 38 heavy (non-hydrogen) atoms. The Labute approximate surface area is 226 Å². The molecule has 1 aromatic heterocycles. The Morgan fingerprint density at radius 2 is 1.71 bits per heavy atom. The molecule has 0 unspecified atom stereocenters. The molecule has 1 amide bonds. The molecule has 0 atom stereocenters. The number of benzene rings is 3. The zero-order valence-corrected chi connectivity index (χ0v) is 22.2. The van der Waals surface area contributed by atoms with Crippen LogP contribution in [0.15, 0.2) is 71.6 Å². The van der Waals surface area contributed by atoms with Crippen LogP contribution in [0.3, 0.4) is 0 Å². The lowest BCUT2D eigenvalue weighted by atomic mass is 10.1. The fraction of sp³-hybridized carbons (Fsp3) is 0.250. The summed E-state index contributed by atoms with van der Waals surface area (Å²) in [5, 5.41) is 11.7. The first-order valence-electron chi connectivity index (χ1n) is 12.7. The van der Waals surface area contributed by atoms with Crippen LogP contribution in [0.4, 0.5) is 11.4 Å². The summed E-state index contributed by atoms with van der Waals surface area (Å²) < 4.78 is 30.6. The Morgan fingerprint density at radius 3 is 2.55 bits per heavy atom. The lowest BCUT2D eigenvalue weighted by Crippen LogP contribution is -2.29. The van der Waals surface area contributed by atoms with Crippen LogP contribution in [0.25, 0.3) is 11.4 Å². The fourth-order valence-electron chi connectivity index (χ4n) is 5.12. The predicted octanol–water partition coefficient (Wildman–Crippen LogP) is 5.33. The molecule has 10 heteroatoms. The molecule has 2 aliphatic heterocycles. The average molecular weight is 548 g/mol. The standard InChI is InChI=1S/C28H26ClN5O3S/c29-23-14-11-21(18-25(23)38(36,37)34-17-15-19-6-3-4-7-24(19)34)28(35)30-22-12-9-20(10-13-22)27-32-31-26-8-2-1-5-16-33(26)27/h3-4,6-7,9-14,18H,1-2,5,8,15-17H2,(H,30,35). The van der Waals surface area contributed by atoms with Crippen LogP contribution in [-0.2, 0) is 29.4 Å². The van der Waals surface area contributed by atoms with Crippen molar-refractivity contribution in [3.63, 3.8) is 0 Å². The number of nitrogens with zero attached hydrogens (tertiary/aromatic N) is 4. The summed E-state index contributed by atoms with van der Waals surface area (Å²) in [5.41, 5.74) is 3.32. The molecular weight excluding hydrogens is 522 g/mol. The molecular formula is C28H26ClN5O3S. The highest BCUT2D eigenvalue weighted by molar-refractivity contribution is 7.93. The number of carbonyl (C=O) groups excluding carboxylic acids is 1. The summed E-state index contributed by atoms with van der Waals surface area (Å²) in [4.78, 5) is 13.0. The van der Waals surface area contributed by atoms with Crippen LogP contribution in [0.1, 0.15) is 41.0 Å². The first kappa shape index (κ1) is 24.6. The first-order chi connectivity index (χ1) is 18.4. The topological polar surface area (TPSA) is 97.2 Å². The molecule has 0 radical (unpaired) electrons. The van der Waals surface area contributed by atoms with E-state index in [-0.39, 0.29) is 15.5 Å². The van der Waals surface area contributed by atoms with Gasteiger partial charge in [0.1, 0.15) is 10.7 Å². The van der Waals surface area contributed by atoms with Gasteiger partial charge >= 0.3 is 0 Å². The number of amides is 1. The van der Waals surface area contributed by atoms with E-state index in [9.17, 15) is 13.2 Å². The van der Waals surface area contributed by atoms with Gasteiger partial charge in [-0.2, -0.15) is 0 Å². The number of para-hydroxylation sites is 1. The van der Waals surface area contributed by atoms with Crippen LogP contribution in [0, 0.1) is 0 Å². The number of hydrogen-bond acceptors (Lipinski definition) is 5. The summed E-state index contributed by atoms with van der Waals surface area (Å²) in [6.45, 7) is 1.23. The maximum atomic E-state index is 13.5. The van der Waals surface area contributed by atoms with Gasteiger partial charge < -0.3 is 9.88 Å². The number of rotatable bonds is 5. The molecule has 2 aliphatic rings. The van der Waals surface area contributed by atoms with E-state index < -0.39 is 15.9 Å². The van der Waals surface area contributed by atoms with E-state index in [0.717, 1.165) is 48.6 Å². The van der Waals surface area contributed by atoms with Crippen LogP contribution >= 0.6 is 11.6 Å². The normalized spacial score (nSPS) is 15.0. The Balaban J connectivity index is 1.22. The van der Waals surface area contributed by atoms with E-state index in [4.69, 9.17) is 11.6 Å². The molecule has 3 aromatic carbocycles. The van der Waals surface area contributed by atoms with Gasteiger partial charge in [-0.25, -0.2) is 8.42 Å². The van der Waals surface area contributed by atoms with Crippen molar-refractivity contribution >= 4 is 38.9 Å². The van der Waals surface area contributed by atoms with E-state index in [1.165, 1.54) is 28.9 Å². The van der Waals surface area contributed by atoms with E-state index in [0.29, 0.717) is 24.3 Å². The summed E-state index contributed by atoms with van der Waals surface area (Å²) in [7, 11) is -3.95. The lowest BCUT2D eigenvalue weighted by Gasteiger charge is -2.20. The van der Waals surface area contributed by atoms with Crippen molar-refractivity contribution in [3.8, 4) is 11.4 Å². The molecule has 0 spiro atoms. The number of nitrogens with one attached hydrogen (secondary N) is 1. The minimum atomic E-state index is -3.95. The number of hydrogen-bond donors (Lipinski definition) is 1. The van der Waals surface area contributed by atoms with Crippen molar-refractivity contribution in [1.82, 2.24) is 14.8 Å². The maximum absolute atomic E-state index is 13.5. The van der Waals surface area contributed by atoms with E-state index in [1.807, 2.05) is 30.3 Å². The van der Waals surface area contributed by atoms with Crippen molar-refractivity contribution < 1.29 is 13.2 Å². The number of sulfonamides is 1. The summed E-state index contributed by atoms with van der Waals surface area (Å²) in [6.07, 6.45) is 4.98. The van der Waals surface area contributed by atoms with Crippen molar-refractivity contribution in [2.24, 2.45) is 0 Å². The molecule has 0 saturated carbocycles. The Bertz CT molecular complexity index is 1630. The van der Waals surface area contributed by atoms with E-state index in [1.54, 1.807) is 18.2 Å². The van der Waals surface area contributed by atoms with Crippen LogP contribution in [0.2, 0.25) is 5.02 Å². The molecule has 0 fully saturated rings. The maximum Gasteiger partial charge on any atom is 0.265 e. The minimum Gasteiger partial charge on any atom is -0.322 e. The van der Waals surface area contributed by atoms with Crippen LogP contribution < -0.4 is 9.62 Å². The SMILES string of the molecule is O=C(Nc1ccc(-c2nnc3n2CCCCC3)cc1)c1ccc(Cl)c(S(=O)(=O)N2CCc3ccccc32)c1. The van der Waals surface area contributed by atoms with Gasteiger partial charge in [0, 0.05) is 36.3 Å². The molecule has 0 bridgehead atoms. The van der Waals surface area contributed by atoms with Gasteiger partial charge in [-0.15, -0.1) is 10.2 Å². The Hall–Kier alpha value is -3.69. The largest absolute Gasteiger partial charge is 0.322 e.